The predicted octanol–water partition coefficient (Wildman–Crippen LogP) is 1.35. The maximum atomic E-state index is 13.6. The van der Waals surface area contributed by atoms with Crippen LogP contribution in [0.4, 0.5) is 0 Å². The van der Waals surface area contributed by atoms with Crippen molar-refractivity contribution in [2.45, 2.75) is 18.2 Å². The van der Waals surface area contributed by atoms with Crippen LogP contribution >= 0.6 is 23.5 Å². The summed E-state index contributed by atoms with van der Waals surface area (Å²) in [5.74, 6) is -1.74. The van der Waals surface area contributed by atoms with Gasteiger partial charge in [-0.2, -0.15) is 8.75 Å². The number of carbonyl (C=O) groups is 2. The summed E-state index contributed by atoms with van der Waals surface area (Å²) in [4.78, 5) is 26.9. The average Bonchev–Trinajstić information content (AvgIpc) is 3.27. The van der Waals surface area contributed by atoms with E-state index in [0.717, 1.165) is 27.8 Å². The van der Waals surface area contributed by atoms with Crippen LogP contribution in [0.5, 0.6) is 0 Å². The van der Waals surface area contributed by atoms with Gasteiger partial charge in [0.15, 0.2) is 5.78 Å². The van der Waals surface area contributed by atoms with Gasteiger partial charge in [0.1, 0.15) is 11.0 Å². The van der Waals surface area contributed by atoms with Gasteiger partial charge in [0, 0.05) is 28.0 Å². The Morgan fingerprint density at radius 1 is 0.909 bits per heavy atom. The van der Waals surface area contributed by atoms with E-state index in [1.807, 2.05) is 49.6 Å². The van der Waals surface area contributed by atoms with Gasteiger partial charge in [-0.15, -0.1) is 11.8 Å². The number of thioether (sulfide) groups is 1. The molecule has 0 aliphatic heterocycles. The Hall–Kier alpha value is -2.29. The maximum absolute atomic E-state index is 13.6. The number of aryl methyl sites for hydroxylation is 1. The first-order valence-corrected chi connectivity index (χ1v) is 11.8. The van der Waals surface area contributed by atoms with Gasteiger partial charge in [-0.05, 0) is 60.7 Å². The second kappa shape index (κ2) is 11.2. The molecule has 0 saturated carbocycles. The molecule has 1 heterocycles. The Morgan fingerprint density at radius 2 is 1.55 bits per heavy atom. The number of nitrogens with zero attached hydrogens (tertiary/aromatic N) is 2. The van der Waals surface area contributed by atoms with Crippen LogP contribution in [0.2, 0.25) is 0 Å². The number of fused-ring (bicyclic) bond motifs is 1. The number of aliphatic carboxylic acids is 1. The molecule has 0 spiro atoms. The molecule has 0 fully saturated rings. The van der Waals surface area contributed by atoms with Crippen LogP contribution in [0.3, 0.4) is 0 Å². The Bertz CT molecular complexity index is 1330. The van der Waals surface area contributed by atoms with Crippen molar-refractivity contribution < 1.29 is 44.3 Å². The summed E-state index contributed by atoms with van der Waals surface area (Å²) in [6.45, 7) is 1.97. The fourth-order valence-corrected chi connectivity index (χ4v) is 4.39. The molecule has 5 nitrogen and oxygen atoms in total. The molecular weight excluding hydrogens is 463 g/mol. The zero-order chi connectivity index (χ0) is 22.7. The van der Waals surface area contributed by atoms with E-state index in [9.17, 15) is 14.7 Å². The van der Waals surface area contributed by atoms with Gasteiger partial charge in [0.25, 0.3) is 0 Å². The second-order valence-electron chi connectivity index (χ2n) is 7.33. The average molecular weight is 483 g/mol. The zero-order valence-corrected chi connectivity index (χ0v) is 22.1. The van der Waals surface area contributed by atoms with Crippen molar-refractivity contribution in [1.82, 2.24) is 8.75 Å². The van der Waals surface area contributed by atoms with Gasteiger partial charge in [-0.1, -0.05) is 35.9 Å². The van der Waals surface area contributed by atoms with Crippen LogP contribution in [-0.4, -0.2) is 26.8 Å². The molecule has 0 atom stereocenters. The summed E-state index contributed by atoms with van der Waals surface area (Å²) < 4.78 is 8.37. The number of carbonyl (C=O) groups excluding carboxylic acids is 2. The van der Waals surface area contributed by atoms with Gasteiger partial charge in [-0.25, -0.2) is 0 Å². The van der Waals surface area contributed by atoms with Crippen molar-refractivity contribution in [3.8, 4) is 0 Å². The van der Waals surface area contributed by atoms with Crippen molar-refractivity contribution in [1.29, 1.82) is 0 Å². The van der Waals surface area contributed by atoms with E-state index in [1.54, 1.807) is 42.1 Å². The van der Waals surface area contributed by atoms with Gasteiger partial charge in [0.2, 0.25) is 0 Å². The van der Waals surface area contributed by atoms with Crippen molar-refractivity contribution >= 4 is 51.8 Å². The number of hydrogen-bond acceptors (Lipinski definition) is 7. The fourth-order valence-electron chi connectivity index (χ4n) is 3.46. The quantitative estimate of drug-likeness (QED) is 0.171. The van der Waals surface area contributed by atoms with Gasteiger partial charge in [-0.3, -0.25) is 4.79 Å². The topological polar surface area (TPSA) is 83.0 Å². The Balaban J connectivity index is 0.00000306. The molecule has 0 radical (unpaired) electrons. The summed E-state index contributed by atoms with van der Waals surface area (Å²) in [7, 11) is 0. The van der Waals surface area contributed by atoms with Crippen LogP contribution in [0, 0.1) is 6.92 Å². The molecule has 4 rings (SSSR count). The number of Topliss-reactive ketones (excluding diaryl/α,β-unsaturated/α-hetero) is 1. The standard InChI is InChI=1S/C25H20N2O3S2.Na/c1-15-3-5-16(6-4-15)13-20(24(28)17-7-10-19(31-2)11-8-17)23(25(29)30)18-9-12-21-22(14-18)27-32-26-21;/h3-12,14H,13H2,1-2H3,(H,29,30);/q;+1/p-1/b23-20+;. The molecule has 0 N–H and O–H groups in total. The largest absolute Gasteiger partial charge is 1.00 e. The molecule has 0 saturated heterocycles. The number of hydrogen-bond donors (Lipinski definition) is 0. The van der Waals surface area contributed by atoms with E-state index in [4.69, 9.17) is 0 Å². The molecule has 0 amide bonds. The Morgan fingerprint density at radius 3 is 2.18 bits per heavy atom. The van der Waals surface area contributed by atoms with Crippen molar-refractivity contribution in [3.63, 3.8) is 0 Å². The van der Waals surface area contributed by atoms with Gasteiger partial charge >= 0.3 is 29.6 Å². The maximum Gasteiger partial charge on any atom is 1.00 e. The molecule has 3 aromatic carbocycles. The number of carboxylic acids is 1. The molecule has 160 valence electrons. The first-order valence-electron chi connectivity index (χ1n) is 9.87. The number of carboxylic acid groups (broad SMARTS) is 1. The van der Waals surface area contributed by atoms with Crippen LogP contribution in [0.1, 0.15) is 27.0 Å². The first-order chi connectivity index (χ1) is 15.5. The Kier molecular flexibility index (Phi) is 8.62. The van der Waals surface area contributed by atoms with E-state index >= 15 is 0 Å². The van der Waals surface area contributed by atoms with Crippen LogP contribution in [0.25, 0.3) is 16.6 Å². The third-order valence-electron chi connectivity index (χ3n) is 5.18. The minimum Gasteiger partial charge on any atom is -0.545 e. The summed E-state index contributed by atoms with van der Waals surface area (Å²) in [6.07, 6.45) is 2.12. The minimum atomic E-state index is -1.40. The number of aromatic nitrogens is 2. The first kappa shape index (κ1) is 25.3. The van der Waals surface area contributed by atoms with Crippen molar-refractivity contribution in [2.24, 2.45) is 0 Å². The summed E-state index contributed by atoms with van der Waals surface area (Å²) >= 11 is 2.62. The molecule has 0 unspecified atom stereocenters. The Labute approximate surface area is 222 Å². The van der Waals surface area contributed by atoms with Crippen LogP contribution in [0.15, 0.2) is 77.2 Å². The number of allylic oxidation sites excluding steroid dienone is 1. The van der Waals surface area contributed by atoms with Crippen molar-refractivity contribution in [3.05, 3.63) is 94.6 Å². The normalized spacial score (nSPS) is 11.6. The van der Waals surface area contributed by atoms with Gasteiger partial charge in [0.05, 0.1) is 17.7 Å². The van der Waals surface area contributed by atoms with E-state index in [0.29, 0.717) is 22.2 Å². The molecule has 1 aromatic heterocycles. The van der Waals surface area contributed by atoms with Crippen LogP contribution in [-0.2, 0) is 11.2 Å². The molecule has 33 heavy (non-hydrogen) atoms. The van der Waals surface area contributed by atoms with E-state index in [2.05, 4.69) is 8.75 Å². The number of benzene rings is 3. The predicted molar refractivity (Wildman–Crippen MR) is 127 cm³/mol. The SMILES string of the molecule is CSc1ccc(C(=O)/C(Cc2ccc(C)cc2)=C(/C(=O)[O-])c2ccc3nsnc3c2)cc1.[Na+]. The monoisotopic (exact) mass is 482 g/mol. The molecule has 4 aromatic rings. The smallest absolute Gasteiger partial charge is 0.545 e. The number of rotatable bonds is 7. The van der Waals surface area contributed by atoms with Gasteiger partial charge < -0.3 is 9.90 Å². The molecule has 0 bridgehead atoms. The molecule has 0 aliphatic carbocycles. The number of ketones is 1. The summed E-state index contributed by atoms with van der Waals surface area (Å²) in [6, 6.07) is 19.8. The van der Waals surface area contributed by atoms with E-state index < -0.39 is 5.97 Å². The summed E-state index contributed by atoms with van der Waals surface area (Å²) in [5, 5.41) is 12.3. The molecule has 8 heteroatoms. The molecule has 0 aliphatic rings. The van der Waals surface area contributed by atoms with E-state index in [1.165, 1.54) is 0 Å². The third-order valence-corrected chi connectivity index (χ3v) is 6.48. The zero-order valence-electron chi connectivity index (χ0n) is 18.5. The minimum absolute atomic E-state index is 0. The van der Waals surface area contributed by atoms with Crippen LogP contribution < -0.4 is 34.7 Å². The second-order valence-corrected chi connectivity index (χ2v) is 8.74. The van der Waals surface area contributed by atoms with Crippen molar-refractivity contribution in [2.75, 3.05) is 6.26 Å². The third kappa shape index (κ3) is 5.80. The van der Waals surface area contributed by atoms with E-state index in [-0.39, 0.29) is 52.9 Å². The molecular formula is C25H19N2NaO3S2. The fraction of sp³-hybridized carbons (Fsp3) is 0.120. The summed E-state index contributed by atoms with van der Waals surface area (Å²) in [5.41, 5.74) is 4.04.